The number of carbonyl (C=O) groups excluding carboxylic acids is 1. The summed E-state index contributed by atoms with van der Waals surface area (Å²) in [6.45, 7) is 0.300. The Morgan fingerprint density at radius 3 is 3.07 bits per heavy atom. The fourth-order valence-electron chi connectivity index (χ4n) is 1.44. The summed E-state index contributed by atoms with van der Waals surface area (Å²) < 4.78 is 5.43. The number of fused-ring (bicyclic) bond motifs is 1. The topological polar surface area (TPSA) is 38.3 Å². The van der Waals surface area contributed by atoms with Crippen LogP contribution in [0, 0.1) is 0 Å². The highest BCUT2D eigenvalue weighted by Crippen LogP contribution is 2.28. The van der Waals surface area contributed by atoms with Crippen LogP contribution in [0.2, 0.25) is 5.02 Å². The molecule has 1 heterocycles. The smallest absolute Gasteiger partial charge is 0.250 e. The first-order valence-electron chi connectivity index (χ1n) is 4.55. The monoisotopic (exact) mass is 223 g/mol. The van der Waals surface area contributed by atoms with Crippen LogP contribution in [0.5, 0.6) is 5.75 Å². The van der Waals surface area contributed by atoms with Gasteiger partial charge in [0.05, 0.1) is 5.57 Å². The van der Waals surface area contributed by atoms with Crippen molar-refractivity contribution in [1.29, 1.82) is 0 Å². The lowest BCUT2D eigenvalue weighted by Crippen LogP contribution is -2.25. The first-order valence-corrected chi connectivity index (χ1v) is 4.93. The Bertz CT molecular complexity index is 440. The normalized spacial score (nSPS) is 13.6. The van der Waals surface area contributed by atoms with E-state index in [0.717, 1.165) is 11.3 Å². The molecule has 0 fully saturated rings. The van der Waals surface area contributed by atoms with Crippen LogP contribution in [0.4, 0.5) is 0 Å². The molecule has 2 rings (SSSR count). The first kappa shape index (κ1) is 10.1. The Labute approximate surface area is 92.7 Å². The van der Waals surface area contributed by atoms with E-state index in [2.05, 4.69) is 5.32 Å². The van der Waals surface area contributed by atoms with Gasteiger partial charge in [-0.25, -0.2) is 0 Å². The maximum atomic E-state index is 11.4. The molecule has 1 aromatic carbocycles. The van der Waals surface area contributed by atoms with Gasteiger partial charge in [-0.3, -0.25) is 4.79 Å². The average Bonchev–Trinajstić information content (AvgIpc) is 2.27. The van der Waals surface area contributed by atoms with E-state index >= 15 is 0 Å². The van der Waals surface area contributed by atoms with E-state index in [-0.39, 0.29) is 5.91 Å². The van der Waals surface area contributed by atoms with Crippen molar-refractivity contribution in [2.75, 3.05) is 13.7 Å². The van der Waals surface area contributed by atoms with Crippen molar-refractivity contribution in [2.24, 2.45) is 0 Å². The van der Waals surface area contributed by atoms with Crippen molar-refractivity contribution in [2.45, 2.75) is 0 Å². The summed E-state index contributed by atoms with van der Waals surface area (Å²) in [5.74, 6) is 0.632. The van der Waals surface area contributed by atoms with Gasteiger partial charge >= 0.3 is 0 Å². The lowest BCUT2D eigenvalue weighted by atomic mass is 10.1. The van der Waals surface area contributed by atoms with Gasteiger partial charge in [0, 0.05) is 17.6 Å². The zero-order valence-electron chi connectivity index (χ0n) is 8.21. The lowest BCUT2D eigenvalue weighted by molar-refractivity contribution is -0.117. The molecule has 4 heteroatoms. The van der Waals surface area contributed by atoms with E-state index < -0.39 is 0 Å². The van der Waals surface area contributed by atoms with E-state index in [1.807, 2.05) is 0 Å². The first-order chi connectivity index (χ1) is 7.20. The number of likely N-dealkylation sites (N-methyl/N-ethyl adjacent to an activating group) is 1. The molecule has 1 aromatic rings. The predicted octanol–water partition coefficient (Wildman–Crippen LogP) is 1.86. The van der Waals surface area contributed by atoms with Crippen LogP contribution in [0.25, 0.3) is 6.08 Å². The van der Waals surface area contributed by atoms with Crippen LogP contribution in [0.15, 0.2) is 23.8 Å². The highest BCUT2D eigenvalue weighted by molar-refractivity contribution is 6.30. The van der Waals surface area contributed by atoms with Crippen molar-refractivity contribution in [1.82, 2.24) is 5.32 Å². The SMILES string of the molecule is CNC(=O)C1=Cc2cc(Cl)ccc2OC1. The number of benzene rings is 1. The summed E-state index contributed by atoms with van der Waals surface area (Å²) in [5, 5.41) is 3.19. The molecule has 0 radical (unpaired) electrons. The van der Waals surface area contributed by atoms with Gasteiger partial charge in [-0.1, -0.05) is 11.6 Å². The molecule has 0 bridgehead atoms. The third kappa shape index (κ3) is 1.97. The number of hydrogen-bond donors (Lipinski definition) is 1. The van der Waals surface area contributed by atoms with E-state index in [4.69, 9.17) is 16.3 Å². The summed E-state index contributed by atoms with van der Waals surface area (Å²) in [6, 6.07) is 5.34. The summed E-state index contributed by atoms with van der Waals surface area (Å²) >= 11 is 5.85. The van der Waals surface area contributed by atoms with Crippen LogP contribution < -0.4 is 10.1 Å². The average molecular weight is 224 g/mol. The van der Waals surface area contributed by atoms with Gasteiger partial charge in [0.1, 0.15) is 12.4 Å². The molecule has 3 nitrogen and oxygen atoms in total. The molecule has 0 unspecified atom stereocenters. The Hall–Kier alpha value is -1.48. The second-order valence-corrected chi connectivity index (χ2v) is 3.66. The number of rotatable bonds is 1. The number of halogens is 1. The zero-order valence-corrected chi connectivity index (χ0v) is 8.97. The minimum atomic E-state index is -0.124. The van der Waals surface area contributed by atoms with Gasteiger partial charge in [-0.2, -0.15) is 0 Å². The largest absolute Gasteiger partial charge is 0.488 e. The predicted molar refractivity (Wildman–Crippen MR) is 59.0 cm³/mol. The molecule has 15 heavy (non-hydrogen) atoms. The van der Waals surface area contributed by atoms with Crippen LogP contribution in [0.3, 0.4) is 0 Å². The maximum absolute atomic E-state index is 11.4. The molecule has 78 valence electrons. The van der Waals surface area contributed by atoms with Gasteiger partial charge in [0.15, 0.2) is 0 Å². The van der Waals surface area contributed by atoms with Gasteiger partial charge in [0.2, 0.25) is 5.91 Å². The third-order valence-corrected chi connectivity index (χ3v) is 2.44. The molecule has 1 aliphatic heterocycles. The molecule has 0 saturated heterocycles. The Kier molecular flexibility index (Phi) is 2.64. The van der Waals surface area contributed by atoms with Crippen LogP contribution >= 0.6 is 11.6 Å². The second-order valence-electron chi connectivity index (χ2n) is 3.22. The molecule has 0 aromatic heterocycles. The Morgan fingerprint density at radius 1 is 1.53 bits per heavy atom. The fraction of sp³-hybridized carbons (Fsp3) is 0.182. The summed E-state index contributed by atoms with van der Waals surface area (Å²) in [6.07, 6.45) is 1.80. The van der Waals surface area contributed by atoms with E-state index in [1.54, 1.807) is 31.3 Å². The van der Waals surface area contributed by atoms with Crippen molar-refractivity contribution in [3.63, 3.8) is 0 Å². The standard InChI is InChI=1S/C11H10ClNO2/c1-13-11(14)8-4-7-5-9(12)2-3-10(7)15-6-8/h2-5H,6H2,1H3,(H,13,14). The second kappa shape index (κ2) is 3.95. The summed E-state index contributed by atoms with van der Waals surface area (Å²) in [5.41, 5.74) is 1.44. The minimum Gasteiger partial charge on any atom is -0.488 e. The van der Waals surface area contributed by atoms with Crippen molar-refractivity contribution < 1.29 is 9.53 Å². The van der Waals surface area contributed by atoms with Crippen LogP contribution in [-0.4, -0.2) is 19.6 Å². The molecule has 0 atom stereocenters. The number of nitrogens with one attached hydrogen (secondary N) is 1. The van der Waals surface area contributed by atoms with Crippen LogP contribution in [-0.2, 0) is 4.79 Å². The van der Waals surface area contributed by atoms with E-state index in [1.165, 1.54) is 0 Å². The van der Waals surface area contributed by atoms with Gasteiger partial charge in [0.25, 0.3) is 0 Å². The molecule has 1 aliphatic rings. The highest BCUT2D eigenvalue weighted by Gasteiger charge is 2.15. The molecule has 1 N–H and O–H groups in total. The number of ether oxygens (including phenoxy) is 1. The lowest BCUT2D eigenvalue weighted by Gasteiger charge is -2.16. The number of amides is 1. The van der Waals surface area contributed by atoms with Gasteiger partial charge in [-0.15, -0.1) is 0 Å². The molecule has 0 saturated carbocycles. The molecule has 1 amide bonds. The van der Waals surface area contributed by atoms with E-state index in [0.29, 0.717) is 17.2 Å². The maximum Gasteiger partial charge on any atom is 0.250 e. The summed E-state index contributed by atoms with van der Waals surface area (Å²) in [7, 11) is 1.59. The zero-order chi connectivity index (χ0) is 10.8. The van der Waals surface area contributed by atoms with E-state index in [9.17, 15) is 4.79 Å². The van der Waals surface area contributed by atoms with Crippen molar-refractivity contribution in [3.8, 4) is 5.75 Å². The van der Waals surface area contributed by atoms with Crippen molar-refractivity contribution >= 4 is 23.6 Å². The fourth-order valence-corrected chi connectivity index (χ4v) is 1.62. The van der Waals surface area contributed by atoms with Gasteiger partial charge in [-0.05, 0) is 24.3 Å². The Balaban J connectivity index is 2.39. The third-order valence-electron chi connectivity index (χ3n) is 2.20. The molecule has 0 aliphatic carbocycles. The highest BCUT2D eigenvalue weighted by atomic mass is 35.5. The molecule has 0 spiro atoms. The molecular weight excluding hydrogens is 214 g/mol. The number of hydrogen-bond acceptors (Lipinski definition) is 2. The molecular formula is C11H10ClNO2. The van der Waals surface area contributed by atoms with Crippen molar-refractivity contribution in [3.05, 3.63) is 34.4 Å². The van der Waals surface area contributed by atoms with Gasteiger partial charge < -0.3 is 10.1 Å². The minimum absolute atomic E-state index is 0.124. The van der Waals surface area contributed by atoms with Crippen LogP contribution in [0.1, 0.15) is 5.56 Å². The summed E-state index contributed by atoms with van der Waals surface area (Å²) in [4.78, 5) is 11.4. The Morgan fingerprint density at radius 2 is 2.33 bits per heavy atom. The quantitative estimate of drug-likeness (QED) is 0.789. The number of carbonyl (C=O) groups is 1.